The number of amides is 1. The van der Waals surface area contributed by atoms with Gasteiger partial charge in [-0.25, -0.2) is 0 Å². The molecule has 0 unspecified atom stereocenters. The molecule has 1 aromatic heterocycles. The van der Waals surface area contributed by atoms with Gasteiger partial charge in [0.2, 0.25) is 5.82 Å². The molecule has 2 aromatic carbocycles. The first-order valence-electron chi connectivity index (χ1n) is 9.37. The number of morpholine rings is 1. The normalized spacial score (nSPS) is 14.7. The van der Waals surface area contributed by atoms with E-state index in [1.807, 2.05) is 42.5 Å². The van der Waals surface area contributed by atoms with Crippen LogP contribution in [0.5, 0.6) is 0 Å². The SMILES string of the molecule is O=C(NCCN1CCOCC1)c1ccc(-c2nc(-c3ccccc3)no2)cc1. The summed E-state index contributed by atoms with van der Waals surface area (Å²) in [5, 5.41) is 6.98. The van der Waals surface area contributed by atoms with Gasteiger partial charge >= 0.3 is 0 Å². The van der Waals surface area contributed by atoms with E-state index in [0.29, 0.717) is 23.8 Å². The number of nitrogens with one attached hydrogen (secondary N) is 1. The first-order chi connectivity index (χ1) is 13.8. The van der Waals surface area contributed by atoms with E-state index < -0.39 is 0 Å². The van der Waals surface area contributed by atoms with Crippen LogP contribution in [0.25, 0.3) is 22.8 Å². The van der Waals surface area contributed by atoms with Crippen molar-refractivity contribution in [2.45, 2.75) is 0 Å². The smallest absolute Gasteiger partial charge is 0.258 e. The average molecular weight is 378 g/mol. The van der Waals surface area contributed by atoms with Crippen molar-refractivity contribution in [1.82, 2.24) is 20.4 Å². The molecule has 1 aliphatic rings. The van der Waals surface area contributed by atoms with Crippen LogP contribution in [-0.2, 0) is 4.74 Å². The molecule has 7 heteroatoms. The predicted molar refractivity (Wildman–Crippen MR) is 105 cm³/mol. The van der Waals surface area contributed by atoms with Crippen molar-refractivity contribution in [3.63, 3.8) is 0 Å². The topological polar surface area (TPSA) is 80.5 Å². The molecule has 28 heavy (non-hydrogen) atoms. The molecule has 0 aliphatic carbocycles. The van der Waals surface area contributed by atoms with Crippen molar-refractivity contribution in [3.8, 4) is 22.8 Å². The molecular formula is C21H22N4O3. The third-order valence-electron chi connectivity index (χ3n) is 4.67. The number of carbonyl (C=O) groups is 1. The van der Waals surface area contributed by atoms with E-state index in [1.54, 1.807) is 12.1 Å². The Kier molecular flexibility index (Phi) is 5.75. The van der Waals surface area contributed by atoms with E-state index in [4.69, 9.17) is 9.26 Å². The molecule has 1 saturated heterocycles. The fraction of sp³-hybridized carbons (Fsp3) is 0.286. The fourth-order valence-electron chi connectivity index (χ4n) is 3.06. The average Bonchev–Trinajstić information content (AvgIpc) is 3.25. The van der Waals surface area contributed by atoms with E-state index >= 15 is 0 Å². The van der Waals surface area contributed by atoms with Gasteiger partial charge in [0.15, 0.2) is 0 Å². The molecular weight excluding hydrogens is 356 g/mol. The van der Waals surface area contributed by atoms with Crippen LogP contribution in [0.1, 0.15) is 10.4 Å². The summed E-state index contributed by atoms with van der Waals surface area (Å²) in [5.41, 5.74) is 2.28. The molecule has 3 aromatic rings. The van der Waals surface area contributed by atoms with Crippen LogP contribution in [0.15, 0.2) is 59.1 Å². The number of hydrogen-bond donors (Lipinski definition) is 1. The Balaban J connectivity index is 1.34. The number of ether oxygens (including phenoxy) is 1. The van der Waals surface area contributed by atoms with Gasteiger partial charge in [0.25, 0.3) is 11.8 Å². The quantitative estimate of drug-likeness (QED) is 0.710. The van der Waals surface area contributed by atoms with Crippen LogP contribution in [0, 0.1) is 0 Å². The highest BCUT2D eigenvalue weighted by molar-refractivity contribution is 5.94. The van der Waals surface area contributed by atoms with Gasteiger partial charge in [0, 0.05) is 42.9 Å². The minimum atomic E-state index is -0.0877. The van der Waals surface area contributed by atoms with E-state index in [2.05, 4.69) is 20.4 Å². The summed E-state index contributed by atoms with van der Waals surface area (Å²) in [7, 11) is 0. The largest absolute Gasteiger partial charge is 0.379 e. The molecule has 0 atom stereocenters. The highest BCUT2D eigenvalue weighted by Crippen LogP contribution is 2.22. The molecule has 1 amide bonds. The Morgan fingerprint density at radius 1 is 1.00 bits per heavy atom. The summed E-state index contributed by atoms with van der Waals surface area (Å²) in [6.07, 6.45) is 0. The Morgan fingerprint density at radius 2 is 1.75 bits per heavy atom. The van der Waals surface area contributed by atoms with Gasteiger partial charge in [-0.15, -0.1) is 0 Å². The summed E-state index contributed by atoms with van der Waals surface area (Å²) in [6.45, 7) is 4.80. The number of carbonyl (C=O) groups excluding carboxylic acids is 1. The molecule has 0 saturated carbocycles. The summed E-state index contributed by atoms with van der Waals surface area (Å²) in [4.78, 5) is 19.0. The highest BCUT2D eigenvalue weighted by Gasteiger charge is 2.13. The second kappa shape index (κ2) is 8.77. The maximum absolute atomic E-state index is 12.3. The van der Waals surface area contributed by atoms with Crippen LogP contribution in [0.4, 0.5) is 0 Å². The lowest BCUT2D eigenvalue weighted by atomic mass is 10.1. The molecule has 0 bridgehead atoms. The summed E-state index contributed by atoms with van der Waals surface area (Å²) in [6, 6.07) is 16.8. The molecule has 1 aliphatic heterocycles. The Bertz CT molecular complexity index is 903. The van der Waals surface area contributed by atoms with Crippen LogP contribution in [0.3, 0.4) is 0 Å². The lowest BCUT2D eigenvalue weighted by molar-refractivity contribution is 0.0383. The van der Waals surface area contributed by atoms with Gasteiger partial charge in [0.05, 0.1) is 13.2 Å². The monoisotopic (exact) mass is 378 g/mol. The predicted octanol–water partition coefficient (Wildman–Crippen LogP) is 2.47. The number of rotatable bonds is 6. The molecule has 144 valence electrons. The fourth-order valence-corrected chi connectivity index (χ4v) is 3.06. The van der Waals surface area contributed by atoms with Crippen LogP contribution < -0.4 is 5.32 Å². The van der Waals surface area contributed by atoms with Gasteiger partial charge in [0.1, 0.15) is 0 Å². The minimum absolute atomic E-state index is 0.0877. The molecule has 0 spiro atoms. The molecule has 0 radical (unpaired) electrons. The van der Waals surface area contributed by atoms with E-state index in [0.717, 1.165) is 44.0 Å². The number of hydrogen-bond acceptors (Lipinski definition) is 6. The van der Waals surface area contributed by atoms with E-state index in [1.165, 1.54) is 0 Å². The maximum Gasteiger partial charge on any atom is 0.258 e. The van der Waals surface area contributed by atoms with Gasteiger partial charge in [-0.1, -0.05) is 35.5 Å². The lowest BCUT2D eigenvalue weighted by Crippen LogP contribution is -2.41. The first kappa shape index (κ1) is 18.3. The Morgan fingerprint density at radius 3 is 2.50 bits per heavy atom. The second-order valence-electron chi connectivity index (χ2n) is 6.58. The molecule has 2 heterocycles. The molecule has 4 rings (SSSR count). The summed E-state index contributed by atoms with van der Waals surface area (Å²) < 4.78 is 10.7. The summed E-state index contributed by atoms with van der Waals surface area (Å²) in [5.74, 6) is 0.883. The first-order valence-corrected chi connectivity index (χ1v) is 9.37. The van der Waals surface area contributed by atoms with Crippen molar-refractivity contribution in [2.24, 2.45) is 0 Å². The Labute approximate surface area is 163 Å². The van der Waals surface area contributed by atoms with Crippen molar-refractivity contribution in [2.75, 3.05) is 39.4 Å². The van der Waals surface area contributed by atoms with E-state index in [9.17, 15) is 4.79 Å². The number of nitrogens with zero attached hydrogens (tertiary/aromatic N) is 3. The maximum atomic E-state index is 12.3. The van der Waals surface area contributed by atoms with Gasteiger partial charge in [-0.2, -0.15) is 4.98 Å². The van der Waals surface area contributed by atoms with Crippen molar-refractivity contribution >= 4 is 5.91 Å². The van der Waals surface area contributed by atoms with Crippen LogP contribution in [0.2, 0.25) is 0 Å². The van der Waals surface area contributed by atoms with E-state index in [-0.39, 0.29) is 5.91 Å². The summed E-state index contributed by atoms with van der Waals surface area (Å²) >= 11 is 0. The van der Waals surface area contributed by atoms with Gasteiger partial charge in [-0.3, -0.25) is 9.69 Å². The highest BCUT2D eigenvalue weighted by atomic mass is 16.5. The van der Waals surface area contributed by atoms with Gasteiger partial charge in [-0.05, 0) is 24.3 Å². The van der Waals surface area contributed by atoms with Crippen molar-refractivity contribution in [3.05, 3.63) is 60.2 Å². The third kappa shape index (κ3) is 4.44. The second-order valence-corrected chi connectivity index (χ2v) is 6.58. The van der Waals surface area contributed by atoms with Crippen molar-refractivity contribution in [1.29, 1.82) is 0 Å². The number of benzene rings is 2. The standard InChI is InChI=1S/C21H22N4O3/c26-20(22-10-11-25-12-14-27-15-13-25)17-6-8-18(9-7-17)21-23-19(24-28-21)16-4-2-1-3-5-16/h1-9H,10-15H2,(H,22,26). The van der Waals surface area contributed by atoms with Crippen LogP contribution in [-0.4, -0.2) is 60.3 Å². The number of aromatic nitrogens is 2. The molecule has 1 N–H and O–H groups in total. The van der Waals surface area contributed by atoms with Crippen molar-refractivity contribution < 1.29 is 14.1 Å². The molecule has 7 nitrogen and oxygen atoms in total. The van der Waals surface area contributed by atoms with Gasteiger partial charge < -0.3 is 14.6 Å². The zero-order chi connectivity index (χ0) is 19.2. The lowest BCUT2D eigenvalue weighted by Gasteiger charge is -2.26. The molecule has 1 fully saturated rings. The zero-order valence-electron chi connectivity index (χ0n) is 15.5. The minimum Gasteiger partial charge on any atom is -0.379 e. The zero-order valence-corrected chi connectivity index (χ0v) is 15.5. The third-order valence-corrected chi connectivity index (χ3v) is 4.67. The van der Waals surface area contributed by atoms with Crippen LogP contribution >= 0.6 is 0 Å². The Hall–Kier alpha value is -3.03.